The fourth-order valence-corrected chi connectivity index (χ4v) is 4.78. The van der Waals surface area contributed by atoms with E-state index in [1.165, 1.54) is 0 Å². The summed E-state index contributed by atoms with van der Waals surface area (Å²) in [6.45, 7) is 8.07. The summed E-state index contributed by atoms with van der Waals surface area (Å²) in [5.74, 6) is 2.80. The molecule has 0 aliphatic carbocycles. The molecule has 3 heterocycles. The quantitative estimate of drug-likeness (QED) is 0.658. The van der Waals surface area contributed by atoms with Crippen molar-refractivity contribution in [2.75, 3.05) is 52.5 Å². The number of hydrogen-bond acceptors (Lipinski definition) is 7. The van der Waals surface area contributed by atoms with Crippen molar-refractivity contribution in [3.63, 3.8) is 0 Å². The van der Waals surface area contributed by atoms with Gasteiger partial charge in [-0.25, -0.2) is 0 Å². The Morgan fingerprint density at radius 2 is 1.61 bits per heavy atom. The van der Waals surface area contributed by atoms with Gasteiger partial charge in [0.05, 0.1) is 12.6 Å². The van der Waals surface area contributed by atoms with Crippen LogP contribution in [-0.2, 0) is 9.59 Å². The number of hydrogen-bond donors (Lipinski definition) is 1. The first-order chi connectivity index (χ1) is 17.5. The number of rotatable bonds is 6. The molecule has 2 aromatic carbocycles. The van der Waals surface area contributed by atoms with Crippen LogP contribution < -0.4 is 24.3 Å². The molecule has 1 N–H and O–H groups in total. The smallest absolute Gasteiger partial charge is 0.267 e. The lowest BCUT2D eigenvalue weighted by molar-refractivity contribution is -0.143. The van der Waals surface area contributed by atoms with Crippen LogP contribution >= 0.6 is 0 Å². The zero-order chi connectivity index (χ0) is 25.1. The lowest BCUT2D eigenvalue weighted by Gasteiger charge is -2.37. The fourth-order valence-electron chi connectivity index (χ4n) is 4.78. The van der Waals surface area contributed by atoms with Gasteiger partial charge in [-0.2, -0.15) is 0 Å². The normalized spacial score (nSPS) is 20.1. The predicted octanol–water partition coefficient (Wildman–Crippen LogP) is 2.26. The molecule has 2 unspecified atom stereocenters. The monoisotopic (exact) mass is 495 g/mol. The third kappa shape index (κ3) is 5.36. The maximum Gasteiger partial charge on any atom is 0.267 e. The van der Waals surface area contributed by atoms with Gasteiger partial charge >= 0.3 is 0 Å². The van der Waals surface area contributed by atoms with E-state index in [9.17, 15) is 9.59 Å². The van der Waals surface area contributed by atoms with Gasteiger partial charge in [0.15, 0.2) is 23.0 Å². The van der Waals surface area contributed by atoms with Crippen LogP contribution in [0.25, 0.3) is 0 Å². The van der Waals surface area contributed by atoms with Crippen molar-refractivity contribution >= 4 is 11.8 Å². The summed E-state index contributed by atoms with van der Waals surface area (Å²) in [7, 11) is 0. The minimum absolute atomic E-state index is 0.0380. The van der Waals surface area contributed by atoms with E-state index in [4.69, 9.17) is 18.9 Å². The van der Waals surface area contributed by atoms with Crippen LogP contribution in [0.3, 0.4) is 0 Å². The first-order valence-corrected chi connectivity index (χ1v) is 12.6. The summed E-state index contributed by atoms with van der Waals surface area (Å²) in [6.07, 6.45) is -0.646. The summed E-state index contributed by atoms with van der Waals surface area (Å²) >= 11 is 0. The molecule has 2 atom stereocenters. The molecule has 36 heavy (non-hydrogen) atoms. The van der Waals surface area contributed by atoms with E-state index in [0.717, 1.165) is 17.1 Å². The largest absolute Gasteiger partial charge is 0.486 e. The molecule has 1 fully saturated rings. The zero-order valence-electron chi connectivity index (χ0n) is 20.8. The first kappa shape index (κ1) is 24.2. The van der Waals surface area contributed by atoms with Crippen molar-refractivity contribution in [1.29, 1.82) is 0 Å². The van der Waals surface area contributed by atoms with Crippen molar-refractivity contribution in [3.8, 4) is 23.0 Å². The van der Waals surface area contributed by atoms with E-state index in [1.807, 2.05) is 36.4 Å². The SMILES string of the molecule is CC(C)C(NC(=O)CN1CCN(C(=O)C2COc3ccccc3O2)CC1)c1ccc2c(c1)OCCO2. The molecule has 0 saturated carbocycles. The van der Waals surface area contributed by atoms with Gasteiger partial charge in [0.2, 0.25) is 12.0 Å². The van der Waals surface area contributed by atoms with Crippen molar-refractivity contribution in [3.05, 3.63) is 48.0 Å². The van der Waals surface area contributed by atoms with Gasteiger partial charge in [0, 0.05) is 26.2 Å². The highest BCUT2D eigenvalue weighted by Crippen LogP contribution is 2.34. The molecular weight excluding hydrogens is 462 g/mol. The molecule has 0 aromatic heterocycles. The van der Waals surface area contributed by atoms with Gasteiger partial charge in [-0.3, -0.25) is 14.5 Å². The molecule has 9 heteroatoms. The highest BCUT2D eigenvalue weighted by Gasteiger charge is 2.33. The number of fused-ring (bicyclic) bond motifs is 2. The van der Waals surface area contributed by atoms with Gasteiger partial charge in [-0.15, -0.1) is 0 Å². The number of piperazine rings is 1. The van der Waals surface area contributed by atoms with Crippen LogP contribution in [0.2, 0.25) is 0 Å². The molecule has 2 amide bonds. The van der Waals surface area contributed by atoms with E-state index in [-0.39, 0.29) is 36.9 Å². The number of ether oxygens (including phenoxy) is 4. The van der Waals surface area contributed by atoms with E-state index in [2.05, 4.69) is 24.1 Å². The third-order valence-corrected chi connectivity index (χ3v) is 6.74. The lowest BCUT2D eigenvalue weighted by atomic mass is 9.95. The van der Waals surface area contributed by atoms with Gasteiger partial charge in [-0.05, 0) is 35.7 Å². The Bertz CT molecular complexity index is 1100. The second kappa shape index (κ2) is 10.7. The number of nitrogens with one attached hydrogen (secondary N) is 1. The lowest BCUT2D eigenvalue weighted by Crippen LogP contribution is -2.55. The van der Waals surface area contributed by atoms with E-state index < -0.39 is 6.10 Å². The number of amides is 2. The maximum atomic E-state index is 13.0. The Morgan fingerprint density at radius 1 is 0.917 bits per heavy atom. The average Bonchev–Trinajstić information content (AvgIpc) is 2.91. The number of para-hydroxylation sites is 2. The van der Waals surface area contributed by atoms with Gasteiger partial charge in [0.25, 0.3) is 5.91 Å². The van der Waals surface area contributed by atoms with Crippen molar-refractivity contribution in [2.45, 2.75) is 26.0 Å². The Labute approximate surface area is 211 Å². The van der Waals surface area contributed by atoms with E-state index in [0.29, 0.717) is 50.9 Å². The van der Waals surface area contributed by atoms with Gasteiger partial charge < -0.3 is 29.2 Å². The molecule has 1 saturated heterocycles. The van der Waals surface area contributed by atoms with Crippen molar-refractivity contribution < 1.29 is 28.5 Å². The van der Waals surface area contributed by atoms with Crippen LogP contribution in [0.4, 0.5) is 0 Å². The van der Waals surface area contributed by atoms with Crippen LogP contribution in [0.15, 0.2) is 42.5 Å². The number of benzene rings is 2. The van der Waals surface area contributed by atoms with Gasteiger partial charge in [-0.1, -0.05) is 32.0 Å². The molecule has 0 bridgehead atoms. The Hall–Kier alpha value is -3.46. The summed E-state index contributed by atoms with van der Waals surface area (Å²) in [5, 5.41) is 3.19. The molecule has 9 nitrogen and oxygen atoms in total. The number of carbonyl (C=O) groups is 2. The molecule has 3 aliphatic heterocycles. The fraction of sp³-hybridized carbons (Fsp3) is 0.481. The minimum atomic E-state index is -0.646. The first-order valence-electron chi connectivity index (χ1n) is 12.6. The molecule has 192 valence electrons. The topological polar surface area (TPSA) is 89.6 Å². The summed E-state index contributed by atoms with van der Waals surface area (Å²) in [5.41, 5.74) is 0.995. The molecular formula is C27H33N3O6. The molecule has 0 spiro atoms. The summed E-state index contributed by atoms with van der Waals surface area (Å²) in [4.78, 5) is 29.8. The molecule has 2 aromatic rings. The molecule has 5 rings (SSSR count). The predicted molar refractivity (Wildman–Crippen MR) is 133 cm³/mol. The Balaban J connectivity index is 1.12. The van der Waals surface area contributed by atoms with E-state index >= 15 is 0 Å². The number of nitrogens with zero attached hydrogens (tertiary/aromatic N) is 2. The standard InChI is InChI=1S/C27H33N3O6/c1-18(2)26(19-7-8-21-23(15-19)34-14-13-33-21)28-25(31)16-29-9-11-30(12-10-29)27(32)24-17-35-20-5-3-4-6-22(20)36-24/h3-8,15,18,24,26H,9-14,16-17H2,1-2H3,(H,28,31). The van der Waals surface area contributed by atoms with Crippen molar-refractivity contribution in [2.24, 2.45) is 5.92 Å². The van der Waals surface area contributed by atoms with Gasteiger partial charge in [0.1, 0.15) is 19.8 Å². The minimum Gasteiger partial charge on any atom is -0.486 e. The second-order valence-electron chi connectivity index (χ2n) is 9.66. The van der Waals surface area contributed by atoms with Crippen LogP contribution in [-0.4, -0.2) is 80.3 Å². The summed E-state index contributed by atoms with van der Waals surface area (Å²) < 4.78 is 22.9. The van der Waals surface area contributed by atoms with Crippen LogP contribution in [0.1, 0.15) is 25.5 Å². The highest BCUT2D eigenvalue weighted by atomic mass is 16.6. The van der Waals surface area contributed by atoms with E-state index in [1.54, 1.807) is 11.0 Å². The zero-order valence-corrected chi connectivity index (χ0v) is 20.8. The summed E-state index contributed by atoms with van der Waals surface area (Å²) in [6, 6.07) is 13.1. The second-order valence-corrected chi connectivity index (χ2v) is 9.66. The average molecular weight is 496 g/mol. The van der Waals surface area contributed by atoms with Crippen molar-refractivity contribution in [1.82, 2.24) is 15.1 Å². The van der Waals surface area contributed by atoms with Crippen LogP contribution in [0, 0.1) is 5.92 Å². The van der Waals surface area contributed by atoms with Crippen LogP contribution in [0.5, 0.6) is 23.0 Å². The number of carbonyl (C=O) groups excluding carboxylic acids is 2. The Kier molecular flexibility index (Phi) is 7.18. The third-order valence-electron chi connectivity index (χ3n) is 6.74. The molecule has 0 radical (unpaired) electrons. The maximum absolute atomic E-state index is 13.0. The Morgan fingerprint density at radius 3 is 2.36 bits per heavy atom. The molecule has 3 aliphatic rings. The highest BCUT2D eigenvalue weighted by molar-refractivity contribution is 5.82.